The number of phenolic OH excluding ortho intramolecular Hbond substituents is 1. The quantitative estimate of drug-likeness (QED) is 0.860. The van der Waals surface area contributed by atoms with E-state index in [1.54, 1.807) is 6.07 Å². The summed E-state index contributed by atoms with van der Waals surface area (Å²) in [6, 6.07) is 5.57. The van der Waals surface area contributed by atoms with E-state index in [2.05, 4.69) is 0 Å². The van der Waals surface area contributed by atoms with Gasteiger partial charge in [-0.2, -0.15) is 0 Å². The van der Waals surface area contributed by atoms with Crippen molar-refractivity contribution in [2.24, 2.45) is 29.6 Å². The highest BCUT2D eigenvalue weighted by molar-refractivity contribution is 5.83. The van der Waals surface area contributed by atoms with Crippen molar-refractivity contribution in [3.05, 3.63) is 29.3 Å². The van der Waals surface area contributed by atoms with E-state index in [0.717, 1.165) is 42.2 Å². The zero-order valence-electron chi connectivity index (χ0n) is 12.2. The minimum Gasteiger partial charge on any atom is -0.508 e. The monoisotopic (exact) mass is 283 g/mol. The van der Waals surface area contributed by atoms with E-state index in [1.807, 2.05) is 17.0 Å². The summed E-state index contributed by atoms with van der Waals surface area (Å²) in [7, 11) is 0. The molecule has 0 saturated heterocycles. The second kappa shape index (κ2) is 4.02. The molecule has 1 aromatic rings. The van der Waals surface area contributed by atoms with Crippen LogP contribution >= 0.6 is 0 Å². The third kappa shape index (κ3) is 1.63. The van der Waals surface area contributed by atoms with Crippen LogP contribution in [0.15, 0.2) is 18.2 Å². The van der Waals surface area contributed by atoms with Gasteiger partial charge in [0.1, 0.15) is 5.75 Å². The molecule has 1 N–H and O–H groups in total. The van der Waals surface area contributed by atoms with E-state index in [4.69, 9.17) is 0 Å². The van der Waals surface area contributed by atoms with Crippen LogP contribution in [-0.4, -0.2) is 22.5 Å². The van der Waals surface area contributed by atoms with Crippen LogP contribution in [0.4, 0.5) is 0 Å². The van der Waals surface area contributed by atoms with E-state index in [9.17, 15) is 9.90 Å². The molecule has 1 aromatic carbocycles. The van der Waals surface area contributed by atoms with Gasteiger partial charge in [0, 0.05) is 19.0 Å². The predicted molar refractivity (Wildman–Crippen MR) is 78.5 cm³/mol. The number of hydrogen-bond acceptors (Lipinski definition) is 2. The third-order valence-corrected chi connectivity index (χ3v) is 6.53. The molecule has 0 spiro atoms. The number of phenols is 1. The smallest absolute Gasteiger partial charge is 0.226 e. The van der Waals surface area contributed by atoms with Crippen molar-refractivity contribution in [1.82, 2.24) is 4.90 Å². The number of amides is 1. The number of fused-ring (bicyclic) bond motifs is 6. The zero-order chi connectivity index (χ0) is 14.1. The molecule has 4 unspecified atom stereocenters. The standard InChI is InChI=1S/C18H21NO2/c20-14-4-3-10-5-6-19(9-13(10)8-14)18(21)17-15-11-1-2-12(7-11)16(15)17/h3-4,8,11-12,15-17,20H,1-2,5-7,9H2. The lowest BCUT2D eigenvalue weighted by Gasteiger charge is -2.30. The van der Waals surface area contributed by atoms with Gasteiger partial charge in [0.15, 0.2) is 0 Å². The van der Waals surface area contributed by atoms with E-state index in [0.29, 0.717) is 24.1 Å². The molecular weight excluding hydrogens is 262 g/mol. The lowest BCUT2D eigenvalue weighted by Crippen LogP contribution is -2.38. The first-order valence-electron chi connectivity index (χ1n) is 8.32. The molecule has 4 atom stereocenters. The summed E-state index contributed by atoms with van der Waals surface area (Å²) in [6.07, 6.45) is 5.06. The molecule has 1 amide bonds. The minimum absolute atomic E-state index is 0.310. The third-order valence-electron chi connectivity index (χ3n) is 6.53. The molecule has 0 aromatic heterocycles. The van der Waals surface area contributed by atoms with E-state index < -0.39 is 0 Å². The second-order valence-electron chi connectivity index (χ2n) is 7.48. The van der Waals surface area contributed by atoms with Gasteiger partial charge in [0.2, 0.25) is 5.91 Å². The molecule has 21 heavy (non-hydrogen) atoms. The van der Waals surface area contributed by atoms with Crippen molar-refractivity contribution >= 4 is 5.91 Å². The van der Waals surface area contributed by atoms with Crippen LogP contribution in [0.25, 0.3) is 0 Å². The number of nitrogens with zero attached hydrogens (tertiary/aromatic N) is 1. The summed E-state index contributed by atoms with van der Waals surface area (Å²) < 4.78 is 0. The second-order valence-corrected chi connectivity index (χ2v) is 7.48. The Morgan fingerprint density at radius 3 is 2.67 bits per heavy atom. The Balaban J connectivity index is 1.35. The minimum atomic E-state index is 0.310. The summed E-state index contributed by atoms with van der Waals surface area (Å²) in [5, 5.41) is 9.64. The fourth-order valence-corrected chi connectivity index (χ4v) is 5.60. The van der Waals surface area contributed by atoms with E-state index in [-0.39, 0.29) is 0 Å². The first-order chi connectivity index (χ1) is 10.2. The highest BCUT2D eigenvalue weighted by Gasteiger charge is 2.67. The Labute approximate surface area is 125 Å². The highest BCUT2D eigenvalue weighted by atomic mass is 16.3. The molecule has 110 valence electrons. The van der Waals surface area contributed by atoms with Gasteiger partial charge >= 0.3 is 0 Å². The fraction of sp³-hybridized carbons (Fsp3) is 0.611. The Morgan fingerprint density at radius 2 is 1.90 bits per heavy atom. The van der Waals surface area contributed by atoms with Crippen molar-refractivity contribution in [3.8, 4) is 5.75 Å². The number of aromatic hydroxyl groups is 1. The number of benzene rings is 1. The molecule has 1 aliphatic heterocycles. The summed E-state index contributed by atoms with van der Waals surface area (Å²) in [5.74, 6) is 4.21. The summed E-state index contributed by atoms with van der Waals surface area (Å²) in [5.41, 5.74) is 2.41. The van der Waals surface area contributed by atoms with Crippen LogP contribution in [-0.2, 0) is 17.8 Å². The summed E-state index contributed by atoms with van der Waals surface area (Å²) >= 11 is 0. The molecule has 3 heteroatoms. The normalized spacial score (nSPS) is 39.0. The van der Waals surface area contributed by atoms with Crippen molar-refractivity contribution in [3.63, 3.8) is 0 Å². The van der Waals surface area contributed by atoms with Gasteiger partial charge in [-0.25, -0.2) is 0 Å². The van der Waals surface area contributed by atoms with Gasteiger partial charge in [0.05, 0.1) is 0 Å². The maximum Gasteiger partial charge on any atom is 0.226 e. The van der Waals surface area contributed by atoms with Gasteiger partial charge in [-0.1, -0.05) is 6.07 Å². The van der Waals surface area contributed by atoms with Gasteiger partial charge in [-0.15, -0.1) is 0 Å². The molecule has 2 bridgehead atoms. The SMILES string of the molecule is O=C(C1C2C3CCC(C3)C12)N1CCc2ccc(O)cc2C1. The van der Waals surface area contributed by atoms with Gasteiger partial charge in [-0.05, 0) is 72.6 Å². The van der Waals surface area contributed by atoms with Crippen molar-refractivity contribution in [2.75, 3.05) is 6.54 Å². The molecule has 3 nitrogen and oxygen atoms in total. The molecule has 4 aliphatic rings. The topological polar surface area (TPSA) is 40.5 Å². The van der Waals surface area contributed by atoms with E-state index >= 15 is 0 Å². The van der Waals surface area contributed by atoms with Gasteiger partial charge in [0.25, 0.3) is 0 Å². The summed E-state index contributed by atoms with van der Waals surface area (Å²) in [6.45, 7) is 1.54. The Hall–Kier alpha value is -1.51. The Bertz CT molecular complexity index is 610. The lowest BCUT2D eigenvalue weighted by atomic mass is 9.97. The molecule has 3 aliphatic carbocycles. The van der Waals surface area contributed by atoms with Crippen LogP contribution in [0, 0.1) is 29.6 Å². The first kappa shape index (κ1) is 12.1. The molecule has 1 heterocycles. The van der Waals surface area contributed by atoms with Crippen LogP contribution in [0.5, 0.6) is 5.75 Å². The van der Waals surface area contributed by atoms with Crippen LogP contribution < -0.4 is 0 Å². The maximum absolute atomic E-state index is 12.9. The van der Waals surface area contributed by atoms with Crippen molar-refractivity contribution in [2.45, 2.75) is 32.2 Å². The van der Waals surface area contributed by atoms with Crippen molar-refractivity contribution < 1.29 is 9.90 Å². The molecule has 3 fully saturated rings. The fourth-order valence-electron chi connectivity index (χ4n) is 5.60. The first-order valence-corrected chi connectivity index (χ1v) is 8.32. The number of rotatable bonds is 1. The predicted octanol–water partition coefficient (Wildman–Crippen LogP) is 2.57. The lowest BCUT2D eigenvalue weighted by molar-refractivity contribution is -0.134. The molecule has 0 radical (unpaired) electrons. The zero-order valence-corrected chi connectivity index (χ0v) is 12.2. The van der Waals surface area contributed by atoms with Crippen LogP contribution in [0.3, 0.4) is 0 Å². The highest BCUT2D eigenvalue weighted by Crippen LogP contribution is 2.69. The summed E-state index contributed by atoms with van der Waals surface area (Å²) in [4.78, 5) is 14.9. The maximum atomic E-state index is 12.9. The van der Waals surface area contributed by atoms with E-state index in [1.165, 1.54) is 24.8 Å². The Kier molecular flexibility index (Phi) is 2.31. The van der Waals surface area contributed by atoms with Crippen LogP contribution in [0.2, 0.25) is 0 Å². The average Bonchev–Trinajstić information content (AvgIpc) is 2.92. The number of hydrogen-bond donors (Lipinski definition) is 1. The molecule has 5 rings (SSSR count). The number of carbonyl (C=O) groups excluding carboxylic acids is 1. The largest absolute Gasteiger partial charge is 0.508 e. The average molecular weight is 283 g/mol. The number of carbonyl (C=O) groups is 1. The molecule has 3 saturated carbocycles. The van der Waals surface area contributed by atoms with Gasteiger partial charge < -0.3 is 10.0 Å². The van der Waals surface area contributed by atoms with Crippen LogP contribution in [0.1, 0.15) is 30.4 Å². The van der Waals surface area contributed by atoms with Crippen molar-refractivity contribution in [1.29, 1.82) is 0 Å². The van der Waals surface area contributed by atoms with Gasteiger partial charge in [-0.3, -0.25) is 4.79 Å². The molecular formula is C18H21NO2. The Morgan fingerprint density at radius 1 is 1.14 bits per heavy atom.